The molecule has 0 atom stereocenters. The van der Waals surface area contributed by atoms with E-state index in [-0.39, 0.29) is 23.0 Å². The van der Waals surface area contributed by atoms with Crippen LogP contribution >= 0.6 is 0 Å². The first-order valence-electron chi connectivity index (χ1n) is 24.5. The molecule has 1 aliphatic carbocycles. The summed E-state index contributed by atoms with van der Waals surface area (Å²) in [6.45, 7) is 20.8. The molecule has 11 rings (SSSR count). The molecule has 0 N–H and O–H groups in total. The number of nitrogens with zero attached hydrogens (tertiary/aromatic N) is 4. The minimum Gasteiger partial charge on any atom is -0.323 e. The van der Waals surface area contributed by atoms with E-state index in [1.165, 1.54) is 91.4 Å². The van der Waals surface area contributed by atoms with Gasteiger partial charge in [0.15, 0.2) is 0 Å². The van der Waals surface area contributed by atoms with E-state index in [0.717, 1.165) is 35.6 Å². The molecular formula is C62H63BN4. The van der Waals surface area contributed by atoms with Crippen molar-refractivity contribution in [3.8, 4) is 5.69 Å². The second kappa shape index (κ2) is 16.0. The molecule has 0 fully saturated rings. The molecule has 1 aromatic heterocycles. The lowest BCUT2D eigenvalue weighted by Gasteiger charge is -2.45. The minimum atomic E-state index is -0.112. The summed E-state index contributed by atoms with van der Waals surface area (Å²) < 4.78 is 2.69. The first kappa shape index (κ1) is 42.9. The Morgan fingerprint density at radius 2 is 0.896 bits per heavy atom. The summed E-state index contributed by atoms with van der Waals surface area (Å²) in [5, 5.41) is 0. The van der Waals surface area contributed by atoms with Gasteiger partial charge in [0.2, 0.25) is 0 Å². The van der Waals surface area contributed by atoms with Crippen molar-refractivity contribution in [2.45, 2.75) is 104 Å². The fourth-order valence-electron chi connectivity index (χ4n) is 11.1. The first-order chi connectivity index (χ1) is 32.2. The number of rotatable bonds is 6. The van der Waals surface area contributed by atoms with E-state index in [9.17, 15) is 0 Å². The SMILES string of the molecule is CC(C)(C)c1ccc(N(c2ccc(C(C)(C)C)cc2)c2ccc3c(c2)N(c2ccccc2)c2cc(C(C)(C)C)cc4c2B3c2c(c3c(n2-c2ccccc2)CCCC3)N4c2ccccc2)cc1. The van der Waals surface area contributed by atoms with Gasteiger partial charge in [0.25, 0.3) is 6.71 Å². The Hall–Kier alpha value is -6.72. The first-order valence-corrected chi connectivity index (χ1v) is 24.5. The highest BCUT2D eigenvalue weighted by Crippen LogP contribution is 2.50. The molecule has 7 aromatic carbocycles. The summed E-state index contributed by atoms with van der Waals surface area (Å²) in [4.78, 5) is 7.69. The molecule has 67 heavy (non-hydrogen) atoms. The minimum absolute atomic E-state index is 0.0330. The number of fused-ring (bicyclic) bond motifs is 6. The predicted molar refractivity (Wildman–Crippen MR) is 287 cm³/mol. The molecule has 3 heterocycles. The van der Waals surface area contributed by atoms with Crippen molar-refractivity contribution >= 4 is 74.4 Å². The van der Waals surface area contributed by atoms with Crippen molar-refractivity contribution in [1.82, 2.24) is 4.57 Å². The maximum Gasteiger partial charge on any atom is 0.273 e. The molecule has 0 radical (unpaired) electrons. The molecule has 0 saturated heterocycles. The zero-order chi connectivity index (χ0) is 46.4. The summed E-state index contributed by atoms with van der Waals surface area (Å²) in [5.41, 5.74) is 23.0. The van der Waals surface area contributed by atoms with E-state index < -0.39 is 0 Å². The molecule has 334 valence electrons. The van der Waals surface area contributed by atoms with Crippen LogP contribution < -0.4 is 31.2 Å². The van der Waals surface area contributed by atoms with Gasteiger partial charge in [0.05, 0.1) is 5.69 Å². The fraction of sp³-hybridized carbons (Fsp3) is 0.258. The molecule has 0 bridgehead atoms. The van der Waals surface area contributed by atoms with E-state index >= 15 is 0 Å². The Labute approximate surface area is 399 Å². The molecule has 0 amide bonds. The van der Waals surface area contributed by atoms with E-state index in [0.29, 0.717) is 0 Å². The van der Waals surface area contributed by atoms with Crippen LogP contribution in [0.1, 0.15) is 103 Å². The lowest BCUT2D eigenvalue weighted by Crippen LogP contribution is -2.63. The Bertz CT molecular complexity index is 3050. The average Bonchev–Trinajstić information content (AvgIpc) is 3.66. The molecule has 8 aromatic rings. The van der Waals surface area contributed by atoms with Gasteiger partial charge in [0.1, 0.15) is 0 Å². The second-order valence-corrected chi connectivity index (χ2v) is 22.2. The Morgan fingerprint density at radius 3 is 1.42 bits per heavy atom. The van der Waals surface area contributed by atoms with Crippen LogP contribution in [-0.2, 0) is 29.1 Å². The lowest BCUT2D eigenvalue weighted by atomic mass is 9.34. The van der Waals surface area contributed by atoms with Crippen molar-refractivity contribution in [1.29, 1.82) is 0 Å². The molecular weight excluding hydrogens is 812 g/mol. The van der Waals surface area contributed by atoms with E-state index in [1.807, 2.05) is 0 Å². The highest BCUT2D eigenvalue weighted by atomic mass is 15.2. The van der Waals surface area contributed by atoms with Gasteiger partial charge in [-0.3, -0.25) is 0 Å². The summed E-state index contributed by atoms with van der Waals surface area (Å²) in [5.74, 6) is 0. The quantitative estimate of drug-likeness (QED) is 0.155. The Morgan fingerprint density at radius 1 is 0.433 bits per heavy atom. The summed E-state index contributed by atoms with van der Waals surface area (Å²) in [6.07, 6.45) is 4.50. The molecule has 4 nitrogen and oxygen atoms in total. The summed E-state index contributed by atoms with van der Waals surface area (Å²) in [6, 6.07) is 64.4. The zero-order valence-corrected chi connectivity index (χ0v) is 40.9. The number of para-hydroxylation sites is 3. The third-order valence-corrected chi connectivity index (χ3v) is 14.6. The van der Waals surface area contributed by atoms with Crippen LogP contribution in [0.15, 0.2) is 170 Å². The number of aromatic nitrogens is 1. The summed E-state index contributed by atoms with van der Waals surface area (Å²) >= 11 is 0. The Kier molecular flexibility index (Phi) is 10.2. The maximum atomic E-state index is 2.69. The van der Waals surface area contributed by atoms with Crippen LogP contribution in [0.25, 0.3) is 5.69 Å². The van der Waals surface area contributed by atoms with Gasteiger partial charge in [-0.1, -0.05) is 147 Å². The largest absolute Gasteiger partial charge is 0.323 e. The van der Waals surface area contributed by atoms with Crippen molar-refractivity contribution in [2.24, 2.45) is 0 Å². The van der Waals surface area contributed by atoms with Crippen molar-refractivity contribution in [2.75, 3.05) is 14.7 Å². The predicted octanol–water partition coefficient (Wildman–Crippen LogP) is 14.8. The van der Waals surface area contributed by atoms with Crippen molar-refractivity contribution < 1.29 is 0 Å². The second-order valence-electron chi connectivity index (χ2n) is 22.2. The molecule has 5 heteroatoms. The van der Waals surface area contributed by atoms with Crippen LogP contribution in [0.4, 0.5) is 51.2 Å². The number of hydrogen-bond acceptors (Lipinski definition) is 3. The van der Waals surface area contributed by atoms with Crippen molar-refractivity contribution in [3.05, 3.63) is 198 Å². The van der Waals surface area contributed by atoms with Gasteiger partial charge in [0, 0.05) is 62.5 Å². The number of benzene rings is 7. The van der Waals surface area contributed by atoms with E-state index in [4.69, 9.17) is 0 Å². The van der Waals surface area contributed by atoms with Crippen LogP contribution in [0.3, 0.4) is 0 Å². The maximum absolute atomic E-state index is 2.69. The highest BCUT2D eigenvalue weighted by molar-refractivity contribution is 7.00. The molecule has 0 saturated carbocycles. The normalized spacial score (nSPS) is 14.3. The van der Waals surface area contributed by atoms with E-state index in [1.54, 1.807) is 0 Å². The fourth-order valence-corrected chi connectivity index (χ4v) is 11.1. The molecule has 0 spiro atoms. The highest BCUT2D eigenvalue weighted by Gasteiger charge is 2.48. The van der Waals surface area contributed by atoms with Crippen LogP contribution in [-0.4, -0.2) is 11.3 Å². The van der Waals surface area contributed by atoms with Gasteiger partial charge in [-0.2, -0.15) is 0 Å². The summed E-state index contributed by atoms with van der Waals surface area (Å²) in [7, 11) is 0. The monoisotopic (exact) mass is 875 g/mol. The topological polar surface area (TPSA) is 14.7 Å². The standard InChI is InChI=1S/C62H63BN4/c1-60(2,3)42-29-33-48(34-30-42)64(49-35-31-43(32-36-49)61(4,5)6)50-37-38-52-54(41-50)65(45-21-13-10-14-22-45)55-39-44(62(7,8)9)40-56-57(55)63(52)59-58(66(56)46-23-15-11-16-24-46)51-27-19-20-28-53(51)67(59)47-25-17-12-18-26-47/h10-18,21-26,29-41H,19-20,27-28H2,1-9H3. The van der Waals surface area contributed by atoms with Gasteiger partial charge in [-0.15, -0.1) is 0 Å². The third-order valence-electron chi connectivity index (χ3n) is 14.6. The number of hydrogen-bond donors (Lipinski definition) is 0. The zero-order valence-electron chi connectivity index (χ0n) is 40.9. The smallest absolute Gasteiger partial charge is 0.273 e. The van der Waals surface area contributed by atoms with Crippen molar-refractivity contribution in [3.63, 3.8) is 0 Å². The Balaban J connectivity index is 1.24. The van der Waals surface area contributed by atoms with Crippen LogP contribution in [0, 0.1) is 0 Å². The molecule has 0 unspecified atom stereocenters. The third kappa shape index (κ3) is 7.30. The van der Waals surface area contributed by atoms with Crippen LogP contribution in [0.5, 0.6) is 0 Å². The van der Waals surface area contributed by atoms with Gasteiger partial charge in [-0.05, 0) is 160 Å². The van der Waals surface area contributed by atoms with Gasteiger partial charge >= 0.3 is 0 Å². The van der Waals surface area contributed by atoms with Crippen LogP contribution in [0.2, 0.25) is 0 Å². The average molecular weight is 875 g/mol. The van der Waals surface area contributed by atoms with Gasteiger partial charge in [-0.25, -0.2) is 0 Å². The van der Waals surface area contributed by atoms with E-state index in [2.05, 4.69) is 251 Å². The lowest BCUT2D eigenvalue weighted by molar-refractivity contribution is 0.590. The molecule has 3 aliphatic rings. The number of anilines is 9. The van der Waals surface area contributed by atoms with Gasteiger partial charge < -0.3 is 19.3 Å². The molecule has 2 aliphatic heterocycles.